The van der Waals surface area contributed by atoms with E-state index in [2.05, 4.69) is 23.3 Å². The van der Waals surface area contributed by atoms with E-state index in [4.69, 9.17) is 4.74 Å². The molecule has 0 amide bonds. The Morgan fingerprint density at radius 3 is 3.00 bits per heavy atom. The molecule has 2 rings (SSSR count). The summed E-state index contributed by atoms with van der Waals surface area (Å²) in [6, 6.07) is 8.60. The molecular formula is C13H18N2OS. The van der Waals surface area contributed by atoms with Crippen LogP contribution in [0.2, 0.25) is 0 Å². The summed E-state index contributed by atoms with van der Waals surface area (Å²) in [6.45, 7) is 2.87. The van der Waals surface area contributed by atoms with E-state index < -0.39 is 0 Å². The minimum absolute atomic E-state index is 0.580. The highest BCUT2D eigenvalue weighted by atomic mass is 32.2. The average molecular weight is 250 g/mol. The lowest BCUT2D eigenvalue weighted by atomic mass is 10.2. The molecule has 0 spiro atoms. The Hall–Kier alpha value is -1.16. The van der Waals surface area contributed by atoms with Gasteiger partial charge < -0.3 is 10.1 Å². The van der Waals surface area contributed by atoms with Crippen LogP contribution >= 0.6 is 11.8 Å². The molecule has 1 atom stereocenters. The van der Waals surface area contributed by atoms with Gasteiger partial charge in [-0.05, 0) is 12.5 Å². The number of aliphatic imine (C=N–C) groups is 1. The molecule has 0 bridgehead atoms. The molecule has 1 aromatic carbocycles. The maximum Gasteiger partial charge on any atom is 0.157 e. The van der Waals surface area contributed by atoms with Gasteiger partial charge >= 0.3 is 0 Å². The number of thioether (sulfide) groups is 1. The topological polar surface area (TPSA) is 33.6 Å². The van der Waals surface area contributed by atoms with Crippen LogP contribution in [-0.2, 0) is 6.54 Å². The van der Waals surface area contributed by atoms with Crippen molar-refractivity contribution in [2.75, 3.05) is 12.9 Å². The zero-order chi connectivity index (χ0) is 12.1. The molecule has 4 heteroatoms. The smallest absolute Gasteiger partial charge is 0.157 e. The van der Waals surface area contributed by atoms with Gasteiger partial charge in [0.15, 0.2) is 5.17 Å². The zero-order valence-electron chi connectivity index (χ0n) is 10.3. The minimum atomic E-state index is 0.580. The van der Waals surface area contributed by atoms with Crippen LogP contribution in [-0.4, -0.2) is 24.1 Å². The lowest BCUT2D eigenvalue weighted by Crippen LogP contribution is -2.25. The Morgan fingerprint density at radius 1 is 1.47 bits per heavy atom. The molecule has 1 N–H and O–H groups in total. The number of nitrogens with one attached hydrogen (secondary N) is 1. The lowest BCUT2D eigenvalue weighted by molar-refractivity contribution is 0.410. The van der Waals surface area contributed by atoms with Crippen LogP contribution in [0.25, 0.3) is 0 Å². The summed E-state index contributed by atoms with van der Waals surface area (Å²) >= 11 is 1.81. The van der Waals surface area contributed by atoms with E-state index in [0.29, 0.717) is 12.6 Å². The molecule has 1 aromatic rings. The first-order valence-electron chi connectivity index (χ1n) is 5.89. The molecule has 0 aromatic heterocycles. The number of nitrogens with zero attached hydrogens (tertiary/aromatic N) is 1. The fraction of sp³-hybridized carbons (Fsp3) is 0.462. The Labute approximate surface area is 107 Å². The van der Waals surface area contributed by atoms with Crippen molar-refractivity contribution >= 4 is 16.9 Å². The van der Waals surface area contributed by atoms with Gasteiger partial charge in [0, 0.05) is 17.4 Å². The Balaban J connectivity index is 2.00. The second kappa shape index (κ2) is 5.96. The summed E-state index contributed by atoms with van der Waals surface area (Å²) in [5, 5.41) is 4.48. The fourth-order valence-electron chi connectivity index (χ4n) is 1.74. The first kappa shape index (κ1) is 12.3. The molecule has 0 aliphatic carbocycles. The molecule has 1 unspecified atom stereocenters. The van der Waals surface area contributed by atoms with Crippen LogP contribution in [0.15, 0.2) is 29.3 Å². The molecule has 17 heavy (non-hydrogen) atoms. The first-order valence-corrected chi connectivity index (χ1v) is 6.87. The van der Waals surface area contributed by atoms with Crippen molar-refractivity contribution in [3.63, 3.8) is 0 Å². The molecule has 1 aliphatic heterocycles. The van der Waals surface area contributed by atoms with Gasteiger partial charge in [-0.1, -0.05) is 36.9 Å². The Kier molecular flexibility index (Phi) is 4.31. The Morgan fingerprint density at radius 2 is 2.29 bits per heavy atom. The van der Waals surface area contributed by atoms with E-state index in [1.54, 1.807) is 18.9 Å². The minimum Gasteiger partial charge on any atom is -0.496 e. The maximum absolute atomic E-state index is 5.31. The second-order valence-electron chi connectivity index (χ2n) is 3.99. The predicted octanol–water partition coefficient (Wildman–Crippen LogP) is 2.67. The summed E-state index contributed by atoms with van der Waals surface area (Å²) in [5.74, 6) is 2.04. The van der Waals surface area contributed by atoms with Crippen LogP contribution in [0.1, 0.15) is 18.9 Å². The van der Waals surface area contributed by atoms with Gasteiger partial charge in [-0.2, -0.15) is 0 Å². The molecule has 1 fully saturated rings. The second-order valence-corrected chi connectivity index (χ2v) is 5.00. The van der Waals surface area contributed by atoms with E-state index in [9.17, 15) is 0 Å². The third kappa shape index (κ3) is 3.16. The van der Waals surface area contributed by atoms with Crippen molar-refractivity contribution in [3.8, 4) is 5.75 Å². The molecular weight excluding hydrogens is 232 g/mol. The van der Waals surface area contributed by atoms with E-state index >= 15 is 0 Å². The van der Waals surface area contributed by atoms with Crippen molar-refractivity contribution in [2.24, 2.45) is 4.99 Å². The number of rotatable bonds is 4. The number of ether oxygens (including phenoxy) is 1. The monoisotopic (exact) mass is 250 g/mol. The van der Waals surface area contributed by atoms with E-state index in [-0.39, 0.29) is 0 Å². The maximum atomic E-state index is 5.31. The third-order valence-corrected chi connectivity index (χ3v) is 3.92. The summed E-state index contributed by atoms with van der Waals surface area (Å²) in [4.78, 5) is 4.59. The number of hydrogen-bond acceptors (Lipinski definition) is 3. The predicted molar refractivity (Wildman–Crippen MR) is 73.8 cm³/mol. The van der Waals surface area contributed by atoms with Crippen LogP contribution < -0.4 is 10.1 Å². The largest absolute Gasteiger partial charge is 0.496 e. The van der Waals surface area contributed by atoms with Gasteiger partial charge in [-0.25, -0.2) is 0 Å². The molecule has 1 heterocycles. The number of amidine groups is 1. The van der Waals surface area contributed by atoms with Gasteiger partial charge in [-0.15, -0.1) is 0 Å². The van der Waals surface area contributed by atoms with Crippen LogP contribution in [0.5, 0.6) is 5.75 Å². The third-order valence-electron chi connectivity index (χ3n) is 2.83. The van der Waals surface area contributed by atoms with Crippen molar-refractivity contribution in [1.82, 2.24) is 5.32 Å². The molecule has 1 aliphatic rings. The Bertz CT molecular complexity index is 406. The molecule has 0 saturated carbocycles. The van der Waals surface area contributed by atoms with Gasteiger partial charge in [-0.3, -0.25) is 4.99 Å². The quantitative estimate of drug-likeness (QED) is 0.892. The number of hydrogen-bond donors (Lipinski definition) is 1. The van der Waals surface area contributed by atoms with Crippen molar-refractivity contribution in [3.05, 3.63) is 29.8 Å². The van der Waals surface area contributed by atoms with Crippen molar-refractivity contribution in [2.45, 2.75) is 25.9 Å². The number of para-hydroxylation sites is 1. The van der Waals surface area contributed by atoms with Gasteiger partial charge in [0.2, 0.25) is 0 Å². The van der Waals surface area contributed by atoms with Crippen molar-refractivity contribution in [1.29, 1.82) is 0 Å². The van der Waals surface area contributed by atoms with Crippen LogP contribution in [0.4, 0.5) is 0 Å². The van der Waals surface area contributed by atoms with E-state index in [1.807, 2.05) is 18.2 Å². The van der Waals surface area contributed by atoms with Gasteiger partial charge in [0.05, 0.1) is 13.7 Å². The van der Waals surface area contributed by atoms with E-state index in [1.165, 1.54) is 0 Å². The highest BCUT2D eigenvalue weighted by Crippen LogP contribution is 2.20. The molecule has 3 nitrogen and oxygen atoms in total. The lowest BCUT2D eigenvalue weighted by Gasteiger charge is -2.07. The summed E-state index contributed by atoms with van der Waals surface area (Å²) in [7, 11) is 1.70. The van der Waals surface area contributed by atoms with Crippen molar-refractivity contribution < 1.29 is 4.74 Å². The number of benzene rings is 1. The van der Waals surface area contributed by atoms with Crippen LogP contribution in [0.3, 0.4) is 0 Å². The summed E-state index contributed by atoms with van der Waals surface area (Å²) < 4.78 is 5.31. The van der Waals surface area contributed by atoms with Crippen LogP contribution in [0, 0.1) is 0 Å². The average Bonchev–Trinajstić information content (AvgIpc) is 2.84. The summed E-state index contributed by atoms with van der Waals surface area (Å²) in [6.07, 6.45) is 1.15. The summed E-state index contributed by atoms with van der Waals surface area (Å²) in [5.41, 5.74) is 1.13. The fourth-order valence-corrected chi connectivity index (χ4v) is 2.82. The molecule has 0 radical (unpaired) electrons. The normalized spacial score (nSPS) is 21.5. The first-order chi connectivity index (χ1) is 8.33. The SMILES string of the molecule is CCC1CSC(=NCc2ccccc2OC)N1. The zero-order valence-corrected chi connectivity index (χ0v) is 11.1. The molecule has 92 valence electrons. The van der Waals surface area contributed by atoms with Gasteiger partial charge in [0.1, 0.15) is 5.75 Å². The van der Waals surface area contributed by atoms with E-state index in [0.717, 1.165) is 28.7 Å². The molecule has 1 saturated heterocycles. The number of methoxy groups -OCH3 is 1. The van der Waals surface area contributed by atoms with Gasteiger partial charge in [0.25, 0.3) is 0 Å². The highest BCUT2D eigenvalue weighted by Gasteiger charge is 2.17. The standard InChI is InChI=1S/C13H18N2OS/c1-3-11-9-17-13(15-11)14-8-10-6-4-5-7-12(10)16-2/h4-7,11H,3,8-9H2,1-2H3,(H,14,15). The highest BCUT2D eigenvalue weighted by molar-refractivity contribution is 8.14.